The molecule has 2 rings (SSSR count). The first-order valence-corrected chi connectivity index (χ1v) is 7.26. The molecule has 21 heavy (non-hydrogen) atoms. The van der Waals surface area contributed by atoms with Crippen molar-refractivity contribution in [2.45, 2.75) is 38.8 Å². The smallest absolute Gasteiger partial charge is 0.323 e. The van der Waals surface area contributed by atoms with E-state index in [-0.39, 0.29) is 17.7 Å². The summed E-state index contributed by atoms with van der Waals surface area (Å²) in [6.07, 6.45) is 2.83. The van der Waals surface area contributed by atoms with Crippen LogP contribution in [0.3, 0.4) is 0 Å². The first-order valence-electron chi connectivity index (χ1n) is 7.26. The molecular weight excluding hydrogens is 272 g/mol. The number of hydrogen-bond acceptors (Lipinski definition) is 5. The van der Waals surface area contributed by atoms with Crippen molar-refractivity contribution in [3.05, 3.63) is 39.9 Å². The van der Waals surface area contributed by atoms with Crippen molar-refractivity contribution in [2.24, 2.45) is 0 Å². The molecule has 6 nitrogen and oxygen atoms in total. The standard InChI is InChI=1S/C15H20N2O4/c1-2-21-15(18)14-8-3-4-9-16(14)11-12-6-5-7-13(10-12)17(19)20/h5-7,10,14H,2-4,8-9,11H2,1H3/t14-/m0/s1. The summed E-state index contributed by atoms with van der Waals surface area (Å²) in [5.74, 6) is -0.192. The molecule has 0 N–H and O–H groups in total. The fourth-order valence-electron chi connectivity index (χ4n) is 2.69. The van der Waals surface area contributed by atoms with Gasteiger partial charge in [-0.25, -0.2) is 0 Å². The Morgan fingerprint density at radius 2 is 2.29 bits per heavy atom. The molecular formula is C15H20N2O4. The van der Waals surface area contributed by atoms with E-state index >= 15 is 0 Å². The van der Waals surface area contributed by atoms with E-state index < -0.39 is 4.92 Å². The van der Waals surface area contributed by atoms with Crippen LogP contribution in [-0.4, -0.2) is 35.0 Å². The van der Waals surface area contributed by atoms with E-state index in [0.29, 0.717) is 13.2 Å². The molecule has 0 aliphatic carbocycles. The molecule has 1 aromatic rings. The lowest BCUT2D eigenvalue weighted by molar-refractivity contribution is -0.384. The molecule has 0 aromatic heterocycles. The van der Waals surface area contributed by atoms with Crippen molar-refractivity contribution < 1.29 is 14.5 Å². The zero-order chi connectivity index (χ0) is 15.2. The first-order chi connectivity index (χ1) is 10.1. The maximum Gasteiger partial charge on any atom is 0.323 e. The third kappa shape index (κ3) is 4.01. The summed E-state index contributed by atoms with van der Waals surface area (Å²) >= 11 is 0. The molecule has 1 aliphatic heterocycles. The summed E-state index contributed by atoms with van der Waals surface area (Å²) in [6, 6.07) is 6.33. The number of benzene rings is 1. The van der Waals surface area contributed by atoms with Gasteiger partial charge < -0.3 is 4.74 Å². The van der Waals surface area contributed by atoms with Gasteiger partial charge in [-0.2, -0.15) is 0 Å². The quantitative estimate of drug-likeness (QED) is 0.473. The van der Waals surface area contributed by atoms with Gasteiger partial charge in [0.05, 0.1) is 11.5 Å². The normalized spacial score (nSPS) is 19.2. The molecule has 114 valence electrons. The first kappa shape index (κ1) is 15.4. The fraction of sp³-hybridized carbons (Fsp3) is 0.533. The van der Waals surface area contributed by atoms with Crippen LogP contribution in [0.2, 0.25) is 0 Å². The zero-order valence-corrected chi connectivity index (χ0v) is 12.2. The molecule has 0 spiro atoms. The monoisotopic (exact) mass is 292 g/mol. The lowest BCUT2D eigenvalue weighted by Crippen LogP contribution is -2.44. The van der Waals surface area contributed by atoms with Crippen molar-refractivity contribution in [1.29, 1.82) is 0 Å². The highest BCUT2D eigenvalue weighted by Gasteiger charge is 2.29. The third-order valence-corrected chi connectivity index (χ3v) is 3.68. The number of carbonyl (C=O) groups excluding carboxylic acids is 1. The van der Waals surface area contributed by atoms with Gasteiger partial charge >= 0.3 is 5.97 Å². The van der Waals surface area contributed by atoms with Crippen LogP contribution in [0.25, 0.3) is 0 Å². The number of likely N-dealkylation sites (tertiary alicyclic amines) is 1. The lowest BCUT2D eigenvalue weighted by atomic mass is 10.0. The average molecular weight is 292 g/mol. The third-order valence-electron chi connectivity index (χ3n) is 3.68. The molecule has 1 aliphatic rings. The molecule has 0 radical (unpaired) electrons. The summed E-state index contributed by atoms with van der Waals surface area (Å²) in [5.41, 5.74) is 0.928. The van der Waals surface area contributed by atoms with E-state index in [9.17, 15) is 14.9 Å². The van der Waals surface area contributed by atoms with Crippen molar-refractivity contribution in [1.82, 2.24) is 4.90 Å². The van der Waals surface area contributed by atoms with Crippen LogP contribution in [-0.2, 0) is 16.1 Å². The number of nitro benzene ring substituents is 1. The summed E-state index contributed by atoms with van der Waals surface area (Å²) < 4.78 is 5.12. The molecule has 0 bridgehead atoms. The Morgan fingerprint density at radius 3 is 3.00 bits per heavy atom. The second kappa shape index (κ2) is 7.17. The van der Waals surface area contributed by atoms with Crippen LogP contribution in [0.1, 0.15) is 31.7 Å². The largest absolute Gasteiger partial charge is 0.465 e. The summed E-state index contributed by atoms with van der Waals surface area (Å²) in [6.45, 7) is 3.52. The predicted molar refractivity (Wildman–Crippen MR) is 77.8 cm³/mol. The van der Waals surface area contributed by atoms with Gasteiger partial charge in [-0.3, -0.25) is 19.8 Å². The number of rotatable bonds is 5. The van der Waals surface area contributed by atoms with Crippen LogP contribution in [0, 0.1) is 10.1 Å². The van der Waals surface area contributed by atoms with E-state index in [1.807, 2.05) is 6.07 Å². The minimum atomic E-state index is -0.400. The summed E-state index contributed by atoms with van der Waals surface area (Å²) in [5, 5.41) is 10.8. The van der Waals surface area contributed by atoms with Crippen LogP contribution in [0.4, 0.5) is 5.69 Å². The molecule has 0 unspecified atom stereocenters. The van der Waals surface area contributed by atoms with Crippen molar-refractivity contribution in [3.8, 4) is 0 Å². The number of hydrogen-bond donors (Lipinski definition) is 0. The molecule has 1 aromatic carbocycles. The maximum absolute atomic E-state index is 12.0. The van der Waals surface area contributed by atoms with Gasteiger partial charge in [-0.15, -0.1) is 0 Å². The molecule has 0 amide bonds. The Labute approximate surface area is 123 Å². The topological polar surface area (TPSA) is 72.7 Å². The van der Waals surface area contributed by atoms with E-state index in [1.165, 1.54) is 6.07 Å². The van der Waals surface area contributed by atoms with Gasteiger partial charge in [0.25, 0.3) is 5.69 Å². The Hall–Kier alpha value is -1.95. The Bertz CT molecular complexity index is 518. The van der Waals surface area contributed by atoms with Crippen molar-refractivity contribution >= 4 is 11.7 Å². The van der Waals surface area contributed by atoms with Gasteiger partial charge in [0, 0.05) is 18.7 Å². The Morgan fingerprint density at radius 1 is 1.48 bits per heavy atom. The number of piperidine rings is 1. The zero-order valence-electron chi connectivity index (χ0n) is 12.2. The molecule has 6 heteroatoms. The number of carbonyl (C=O) groups is 1. The molecule has 0 saturated carbocycles. The number of esters is 1. The Balaban J connectivity index is 2.10. The van der Waals surface area contributed by atoms with Gasteiger partial charge in [0.1, 0.15) is 6.04 Å². The van der Waals surface area contributed by atoms with Crippen LogP contribution in [0.15, 0.2) is 24.3 Å². The highest BCUT2D eigenvalue weighted by molar-refractivity contribution is 5.75. The highest BCUT2D eigenvalue weighted by Crippen LogP contribution is 2.22. The molecule has 1 heterocycles. The number of nitrogens with zero attached hydrogens (tertiary/aromatic N) is 2. The van der Waals surface area contributed by atoms with E-state index in [0.717, 1.165) is 31.4 Å². The van der Waals surface area contributed by atoms with Gasteiger partial charge in [-0.1, -0.05) is 18.6 Å². The second-order valence-electron chi connectivity index (χ2n) is 5.16. The maximum atomic E-state index is 12.0. The van der Waals surface area contributed by atoms with E-state index in [4.69, 9.17) is 4.74 Å². The SMILES string of the molecule is CCOC(=O)[C@@H]1CCCCN1Cc1cccc([N+](=O)[O-])c1. The van der Waals surface area contributed by atoms with Crippen LogP contribution < -0.4 is 0 Å². The van der Waals surface area contributed by atoms with E-state index in [2.05, 4.69) is 4.90 Å². The molecule has 1 fully saturated rings. The van der Waals surface area contributed by atoms with Crippen LogP contribution in [0.5, 0.6) is 0 Å². The summed E-state index contributed by atoms with van der Waals surface area (Å²) in [4.78, 5) is 24.5. The van der Waals surface area contributed by atoms with Gasteiger partial charge in [0.15, 0.2) is 0 Å². The highest BCUT2D eigenvalue weighted by atomic mass is 16.6. The number of non-ortho nitro benzene ring substituents is 1. The molecule has 1 atom stereocenters. The Kier molecular flexibility index (Phi) is 5.27. The van der Waals surface area contributed by atoms with Gasteiger partial charge in [-0.05, 0) is 31.9 Å². The fourth-order valence-corrected chi connectivity index (χ4v) is 2.69. The minimum absolute atomic E-state index is 0.0807. The van der Waals surface area contributed by atoms with Crippen LogP contribution >= 0.6 is 0 Å². The lowest BCUT2D eigenvalue weighted by Gasteiger charge is -2.33. The van der Waals surface area contributed by atoms with Crippen molar-refractivity contribution in [2.75, 3.05) is 13.2 Å². The summed E-state index contributed by atoms with van der Waals surface area (Å²) in [7, 11) is 0. The number of nitro groups is 1. The van der Waals surface area contributed by atoms with Gasteiger partial charge in [0.2, 0.25) is 0 Å². The molecule has 1 saturated heterocycles. The minimum Gasteiger partial charge on any atom is -0.465 e. The second-order valence-corrected chi connectivity index (χ2v) is 5.16. The number of ether oxygens (including phenoxy) is 1. The average Bonchev–Trinajstić information content (AvgIpc) is 2.48. The predicted octanol–water partition coefficient (Wildman–Crippen LogP) is 2.51. The van der Waals surface area contributed by atoms with Crippen molar-refractivity contribution in [3.63, 3.8) is 0 Å². The van der Waals surface area contributed by atoms with E-state index in [1.54, 1.807) is 19.1 Å².